The maximum atomic E-state index is 9.77. The van der Waals surface area contributed by atoms with Gasteiger partial charge in [0.1, 0.15) is 0 Å². The Morgan fingerprint density at radius 2 is 1.82 bits per heavy atom. The van der Waals surface area contributed by atoms with Crippen molar-refractivity contribution in [3.63, 3.8) is 0 Å². The minimum Gasteiger partial charge on any atom is -0.389 e. The van der Waals surface area contributed by atoms with Gasteiger partial charge in [-0.1, -0.05) is 26.7 Å². The van der Waals surface area contributed by atoms with Crippen LogP contribution in [-0.2, 0) is 4.74 Å². The zero-order chi connectivity index (χ0) is 12.7. The Hall–Kier alpha value is -0.120. The zero-order valence-electron chi connectivity index (χ0n) is 11.6. The fourth-order valence-electron chi connectivity index (χ4n) is 2.44. The van der Waals surface area contributed by atoms with Crippen molar-refractivity contribution < 1.29 is 9.84 Å². The van der Waals surface area contributed by atoms with Crippen LogP contribution in [0.25, 0.3) is 0 Å². The van der Waals surface area contributed by atoms with Crippen LogP contribution in [-0.4, -0.2) is 37.0 Å². The van der Waals surface area contributed by atoms with E-state index in [0.29, 0.717) is 25.1 Å². The summed E-state index contributed by atoms with van der Waals surface area (Å²) in [5.41, 5.74) is 0. The van der Waals surface area contributed by atoms with Gasteiger partial charge in [0.15, 0.2) is 0 Å². The minimum absolute atomic E-state index is 0.377. The second kappa shape index (κ2) is 8.06. The summed E-state index contributed by atoms with van der Waals surface area (Å²) in [5.74, 6) is 1.34. The number of rotatable bonds is 8. The summed E-state index contributed by atoms with van der Waals surface area (Å²) in [7, 11) is 0. The lowest BCUT2D eigenvalue weighted by Crippen LogP contribution is -2.39. The van der Waals surface area contributed by atoms with E-state index < -0.39 is 0 Å². The SMILES string of the molecule is CC(C)COCC(O)CN[C@@H](C)C1CCCC1. The molecule has 1 saturated carbocycles. The molecule has 1 rings (SSSR count). The lowest BCUT2D eigenvalue weighted by molar-refractivity contribution is 0.0244. The summed E-state index contributed by atoms with van der Waals surface area (Å²) in [6, 6.07) is 0.525. The van der Waals surface area contributed by atoms with E-state index in [1.165, 1.54) is 25.7 Å². The highest BCUT2D eigenvalue weighted by molar-refractivity contribution is 4.78. The molecule has 0 spiro atoms. The van der Waals surface area contributed by atoms with Crippen molar-refractivity contribution in [2.75, 3.05) is 19.8 Å². The van der Waals surface area contributed by atoms with Crippen molar-refractivity contribution in [3.05, 3.63) is 0 Å². The van der Waals surface area contributed by atoms with Gasteiger partial charge < -0.3 is 15.2 Å². The van der Waals surface area contributed by atoms with Crippen LogP contribution < -0.4 is 5.32 Å². The number of aliphatic hydroxyl groups is 1. The molecule has 0 aliphatic heterocycles. The highest BCUT2D eigenvalue weighted by Gasteiger charge is 2.21. The molecule has 2 N–H and O–H groups in total. The Balaban J connectivity index is 2.03. The molecule has 1 aliphatic rings. The van der Waals surface area contributed by atoms with Crippen LogP contribution in [0.3, 0.4) is 0 Å². The van der Waals surface area contributed by atoms with Gasteiger partial charge in [-0.05, 0) is 31.6 Å². The molecular weight excluding hydrogens is 214 g/mol. The molecule has 1 unspecified atom stereocenters. The number of ether oxygens (including phenoxy) is 1. The monoisotopic (exact) mass is 243 g/mol. The van der Waals surface area contributed by atoms with Crippen molar-refractivity contribution >= 4 is 0 Å². The average molecular weight is 243 g/mol. The van der Waals surface area contributed by atoms with E-state index in [2.05, 4.69) is 26.1 Å². The summed E-state index contributed by atoms with van der Waals surface area (Å²) in [6.45, 7) is 8.30. The van der Waals surface area contributed by atoms with Crippen molar-refractivity contribution in [2.24, 2.45) is 11.8 Å². The van der Waals surface area contributed by atoms with E-state index in [9.17, 15) is 5.11 Å². The van der Waals surface area contributed by atoms with E-state index in [1.54, 1.807) is 0 Å². The quantitative estimate of drug-likeness (QED) is 0.686. The van der Waals surface area contributed by atoms with Crippen molar-refractivity contribution in [2.45, 2.75) is 58.6 Å². The molecule has 17 heavy (non-hydrogen) atoms. The highest BCUT2D eigenvalue weighted by atomic mass is 16.5. The summed E-state index contributed by atoms with van der Waals surface area (Å²) < 4.78 is 5.42. The standard InChI is InChI=1S/C14H29NO2/c1-11(2)9-17-10-14(16)8-15-12(3)13-6-4-5-7-13/h11-16H,4-10H2,1-3H3/t12-,14?/m0/s1. The first-order chi connectivity index (χ1) is 8.09. The largest absolute Gasteiger partial charge is 0.389 e. The molecule has 0 aromatic heterocycles. The van der Waals surface area contributed by atoms with E-state index in [0.717, 1.165) is 12.5 Å². The molecule has 3 nitrogen and oxygen atoms in total. The molecule has 0 saturated heterocycles. The van der Waals surface area contributed by atoms with Gasteiger partial charge in [-0.2, -0.15) is 0 Å². The molecule has 1 aliphatic carbocycles. The van der Waals surface area contributed by atoms with Crippen molar-refractivity contribution in [1.82, 2.24) is 5.32 Å². The van der Waals surface area contributed by atoms with Gasteiger partial charge in [0.2, 0.25) is 0 Å². The van der Waals surface area contributed by atoms with Crippen molar-refractivity contribution in [1.29, 1.82) is 0 Å². The van der Waals surface area contributed by atoms with Crippen LogP contribution in [0.2, 0.25) is 0 Å². The maximum absolute atomic E-state index is 9.77. The predicted molar refractivity (Wildman–Crippen MR) is 71.1 cm³/mol. The van der Waals surface area contributed by atoms with E-state index >= 15 is 0 Å². The third-order valence-electron chi connectivity index (χ3n) is 3.54. The summed E-state index contributed by atoms with van der Waals surface area (Å²) in [6.07, 6.45) is 5.05. The second-order valence-corrected chi connectivity index (χ2v) is 5.83. The fraction of sp³-hybridized carbons (Fsp3) is 1.00. The molecule has 0 radical (unpaired) electrons. The minimum atomic E-state index is -0.377. The molecule has 1 fully saturated rings. The summed E-state index contributed by atoms with van der Waals surface area (Å²) in [4.78, 5) is 0. The van der Waals surface area contributed by atoms with Crippen LogP contribution in [0, 0.1) is 11.8 Å². The Labute approximate surface area is 106 Å². The van der Waals surface area contributed by atoms with Crippen LogP contribution >= 0.6 is 0 Å². The molecule has 0 amide bonds. The molecule has 0 aromatic carbocycles. The first-order valence-electron chi connectivity index (χ1n) is 7.08. The third-order valence-corrected chi connectivity index (χ3v) is 3.54. The summed E-state index contributed by atoms with van der Waals surface area (Å²) >= 11 is 0. The zero-order valence-corrected chi connectivity index (χ0v) is 11.6. The van der Waals surface area contributed by atoms with Crippen LogP contribution in [0.5, 0.6) is 0 Å². The number of nitrogens with one attached hydrogen (secondary N) is 1. The van der Waals surface area contributed by atoms with Gasteiger partial charge in [0.25, 0.3) is 0 Å². The lowest BCUT2D eigenvalue weighted by atomic mass is 10.00. The second-order valence-electron chi connectivity index (χ2n) is 5.83. The van der Waals surface area contributed by atoms with Crippen molar-refractivity contribution in [3.8, 4) is 0 Å². The first kappa shape index (κ1) is 14.9. The van der Waals surface area contributed by atoms with Gasteiger partial charge in [0.05, 0.1) is 12.7 Å². The van der Waals surface area contributed by atoms with Gasteiger partial charge in [-0.25, -0.2) is 0 Å². The molecule has 2 atom stereocenters. The molecule has 0 heterocycles. The van der Waals surface area contributed by atoms with Crippen LogP contribution in [0.1, 0.15) is 46.5 Å². The van der Waals surface area contributed by atoms with Gasteiger partial charge in [-0.3, -0.25) is 0 Å². The van der Waals surface area contributed by atoms with Gasteiger partial charge in [-0.15, -0.1) is 0 Å². The molecule has 0 bridgehead atoms. The average Bonchev–Trinajstić information content (AvgIpc) is 2.78. The van der Waals surface area contributed by atoms with E-state index in [1.807, 2.05) is 0 Å². The van der Waals surface area contributed by atoms with Crippen LogP contribution in [0.15, 0.2) is 0 Å². The Morgan fingerprint density at radius 1 is 1.18 bits per heavy atom. The molecule has 3 heteroatoms. The third kappa shape index (κ3) is 6.39. The first-order valence-corrected chi connectivity index (χ1v) is 7.08. The van der Waals surface area contributed by atoms with Gasteiger partial charge >= 0.3 is 0 Å². The number of hydrogen-bond acceptors (Lipinski definition) is 3. The molecule has 0 aromatic rings. The summed E-state index contributed by atoms with van der Waals surface area (Å²) in [5, 5.41) is 13.2. The van der Waals surface area contributed by atoms with E-state index in [4.69, 9.17) is 4.74 Å². The Bertz CT molecular complexity index is 191. The van der Waals surface area contributed by atoms with Gasteiger partial charge in [0, 0.05) is 19.2 Å². The Kier molecular flexibility index (Phi) is 7.09. The maximum Gasteiger partial charge on any atom is 0.0897 e. The van der Waals surface area contributed by atoms with E-state index in [-0.39, 0.29) is 6.10 Å². The van der Waals surface area contributed by atoms with Crippen LogP contribution in [0.4, 0.5) is 0 Å². The normalized spacial score (nSPS) is 21.0. The highest BCUT2D eigenvalue weighted by Crippen LogP contribution is 2.27. The molecule has 102 valence electrons. The number of hydrogen-bond donors (Lipinski definition) is 2. The smallest absolute Gasteiger partial charge is 0.0897 e. The lowest BCUT2D eigenvalue weighted by Gasteiger charge is -2.22. The molecular formula is C14H29NO2. The number of aliphatic hydroxyl groups excluding tert-OH is 1. The predicted octanol–water partition coefficient (Wildman–Crippen LogP) is 2.19. The fourth-order valence-corrected chi connectivity index (χ4v) is 2.44. The topological polar surface area (TPSA) is 41.5 Å². The Morgan fingerprint density at radius 3 is 2.41 bits per heavy atom.